The Hall–Kier alpha value is -4.75. The predicted molar refractivity (Wildman–Crippen MR) is 136 cm³/mol. The highest BCUT2D eigenvalue weighted by molar-refractivity contribution is 6.31. The van der Waals surface area contributed by atoms with Crippen LogP contribution in [-0.2, 0) is 6.42 Å². The molecule has 0 aliphatic carbocycles. The van der Waals surface area contributed by atoms with Gasteiger partial charge < -0.3 is 15.3 Å². The molecule has 1 aliphatic heterocycles. The number of nitrogens with two attached hydrogens (primary N) is 1. The van der Waals surface area contributed by atoms with Gasteiger partial charge in [0.2, 0.25) is 5.95 Å². The van der Waals surface area contributed by atoms with Gasteiger partial charge in [0.1, 0.15) is 17.6 Å². The monoisotopic (exact) mass is 512 g/mol. The smallest absolute Gasteiger partial charge is 0.252 e. The van der Waals surface area contributed by atoms with Crippen LogP contribution in [0, 0.1) is 17.3 Å². The van der Waals surface area contributed by atoms with E-state index >= 15 is 0 Å². The number of nitriles is 1. The summed E-state index contributed by atoms with van der Waals surface area (Å²) in [7, 11) is 0. The summed E-state index contributed by atoms with van der Waals surface area (Å²) in [4.78, 5) is 20.6. The average molecular weight is 513 g/mol. The summed E-state index contributed by atoms with van der Waals surface area (Å²) < 4.78 is 17.9. The molecule has 3 N–H and O–H groups in total. The molecule has 182 valence electrons. The second kappa shape index (κ2) is 8.72. The maximum absolute atomic E-state index is 14.8. The van der Waals surface area contributed by atoms with E-state index in [4.69, 9.17) is 22.6 Å². The van der Waals surface area contributed by atoms with Crippen LogP contribution in [0.1, 0.15) is 29.7 Å². The number of halogens is 2. The van der Waals surface area contributed by atoms with Gasteiger partial charge in [0.15, 0.2) is 5.69 Å². The number of H-pyrrole nitrogens is 1. The standard InChI is InChI=1S/C26H18ClFN8O/c27-16-3-7-21(35-13-18(12-29)33-34-35)20(11-16)15-9-19-6-8-22(36(19)23(37)10-15)26-31-24(25(28)32-26)14-1-4-17(30)5-2-14/h1-5,7,9-11,13,22H,6,8,30H2,(H,31,32). The normalized spacial score (nSPS) is 14.5. The number of benzene rings is 2. The van der Waals surface area contributed by atoms with Gasteiger partial charge in [-0.3, -0.25) is 4.79 Å². The minimum absolute atomic E-state index is 0.168. The molecule has 2 aromatic carbocycles. The lowest BCUT2D eigenvalue weighted by Crippen LogP contribution is -2.24. The first-order valence-electron chi connectivity index (χ1n) is 11.4. The third-order valence-electron chi connectivity index (χ3n) is 6.44. The van der Waals surface area contributed by atoms with E-state index in [0.717, 1.165) is 5.69 Å². The van der Waals surface area contributed by atoms with Crippen molar-refractivity contribution in [1.82, 2.24) is 29.5 Å². The molecule has 3 aromatic heterocycles. The average Bonchev–Trinajstić information content (AvgIpc) is 3.63. The number of aromatic nitrogens is 6. The summed E-state index contributed by atoms with van der Waals surface area (Å²) in [5.41, 5.74) is 9.74. The number of anilines is 1. The number of imidazole rings is 1. The number of aryl methyl sites for hydroxylation is 1. The van der Waals surface area contributed by atoms with E-state index in [9.17, 15) is 9.18 Å². The third-order valence-corrected chi connectivity index (χ3v) is 6.67. The van der Waals surface area contributed by atoms with Crippen LogP contribution in [0.3, 0.4) is 0 Å². The highest BCUT2D eigenvalue weighted by Gasteiger charge is 2.29. The molecule has 1 atom stereocenters. The molecule has 0 fully saturated rings. The lowest BCUT2D eigenvalue weighted by atomic mass is 10.0. The SMILES string of the molecule is N#Cc1cn(-c2ccc(Cl)cc2-c2cc3n(c(=O)c2)C(c2nc(-c4ccc(N)cc4)c(F)[nH]2)CC3)nn1. The first-order chi connectivity index (χ1) is 17.9. The van der Waals surface area contributed by atoms with E-state index in [1.807, 2.05) is 12.1 Å². The summed E-state index contributed by atoms with van der Waals surface area (Å²) >= 11 is 6.29. The molecule has 0 spiro atoms. The Bertz CT molecular complexity index is 1760. The van der Waals surface area contributed by atoms with Crippen molar-refractivity contribution in [2.45, 2.75) is 18.9 Å². The van der Waals surface area contributed by atoms with Crippen molar-refractivity contribution in [3.63, 3.8) is 0 Å². The fourth-order valence-corrected chi connectivity index (χ4v) is 4.91. The minimum atomic E-state index is -0.564. The summed E-state index contributed by atoms with van der Waals surface area (Å²) in [5, 5.41) is 17.5. The van der Waals surface area contributed by atoms with Crippen molar-refractivity contribution < 1.29 is 4.39 Å². The molecule has 37 heavy (non-hydrogen) atoms. The molecule has 5 aromatic rings. The molecule has 1 unspecified atom stereocenters. The van der Waals surface area contributed by atoms with Crippen molar-refractivity contribution >= 4 is 17.3 Å². The number of hydrogen-bond donors (Lipinski definition) is 2. The molecule has 0 saturated carbocycles. The van der Waals surface area contributed by atoms with Gasteiger partial charge in [-0.25, -0.2) is 9.67 Å². The van der Waals surface area contributed by atoms with Gasteiger partial charge in [0.05, 0.1) is 17.9 Å². The van der Waals surface area contributed by atoms with Gasteiger partial charge >= 0.3 is 0 Å². The van der Waals surface area contributed by atoms with Crippen LogP contribution in [0.2, 0.25) is 5.02 Å². The van der Waals surface area contributed by atoms with Gasteiger partial charge in [-0.1, -0.05) is 28.9 Å². The highest BCUT2D eigenvalue weighted by atomic mass is 35.5. The zero-order valence-corrected chi connectivity index (χ0v) is 19.9. The number of rotatable bonds is 4. The van der Waals surface area contributed by atoms with Crippen molar-refractivity contribution in [3.8, 4) is 34.1 Å². The quantitative estimate of drug-likeness (QED) is 0.346. The molecule has 11 heteroatoms. The van der Waals surface area contributed by atoms with Crippen LogP contribution >= 0.6 is 11.6 Å². The van der Waals surface area contributed by atoms with Crippen molar-refractivity contribution in [3.05, 3.63) is 99.3 Å². The Morgan fingerprint density at radius 3 is 2.70 bits per heavy atom. The van der Waals surface area contributed by atoms with Gasteiger partial charge in [0.25, 0.3) is 5.56 Å². The Balaban J connectivity index is 1.40. The molecule has 0 bridgehead atoms. The number of fused-ring (bicyclic) bond motifs is 1. The zero-order chi connectivity index (χ0) is 25.7. The Morgan fingerprint density at radius 2 is 1.95 bits per heavy atom. The van der Waals surface area contributed by atoms with Crippen LogP contribution < -0.4 is 11.3 Å². The Morgan fingerprint density at radius 1 is 1.14 bits per heavy atom. The van der Waals surface area contributed by atoms with Crippen LogP contribution in [0.5, 0.6) is 0 Å². The molecule has 0 amide bonds. The van der Waals surface area contributed by atoms with Crippen LogP contribution in [0.4, 0.5) is 10.1 Å². The van der Waals surface area contributed by atoms with Crippen molar-refractivity contribution in [2.75, 3.05) is 5.73 Å². The molecular weight excluding hydrogens is 495 g/mol. The number of nitrogens with one attached hydrogen (secondary N) is 1. The summed E-state index contributed by atoms with van der Waals surface area (Å²) in [6, 6.07) is 16.9. The molecule has 0 radical (unpaired) electrons. The summed E-state index contributed by atoms with van der Waals surface area (Å²) in [6.45, 7) is 0. The second-order valence-electron chi connectivity index (χ2n) is 8.73. The number of nitrogen functional groups attached to an aromatic ring is 1. The van der Waals surface area contributed by atoms with Gasteiger partial charge in [-0.05, 0) is 54.8 Å². The van der Waals surface area contributed by atoms with E-state index < -0.39 is 12.0 Å². The van der Waals surface area contributed by atoms with E-state index in [1.54, 1.807) is 47.0 Å². The van der Waals surface area contributed by atoms with E-state index in [1.165, 1.54) is 16.9 Å². The van der Waals surface area contributed by atoms with Crippen molar-refractivity contribution in [2.24, 2.45) is 0 Å². The van der Waals surface area contributed by atoms with Crippen molar-refractivity contribution in [1.29, 1.82) is 5.26 Å². The summed E-state index contributed by atoms with van der Waals surface area (Å²) in [6.07, 6.45) is 2.70. The molecule has 1 aliphatic rings. The number of pyridine rings is 1. The van der Waals surface area contributed by atoms with Gasteiger partial charge in [-0.15, -0.1) is 5.10 Å². The topological polar surface area (TPSA) is 131 Å². The van der Waals surface area contributed by atoms with E-state index in [-0.39, 0.29) is 16.9 Å². The minimum Gasteiger partial charge on any atom is -0.399 e. The second-order valence-corrected chi connectivity index (χ2v) is 9.16. The Kier molecular flexibility index (Phi) is 5.35. The first-order valence-corrected chi connectivity index (χ1v) is 11.8. The number of aromatic amines is 1. The molecule has 0 saturated heterocycles. The molecule has 4 heterocycles. The van der Waals surface area contributed by atoms with Gasteiger partial charge in [0, 0.05) is 33.6 Å². The van der Waals surface area contributed by atoms with E-state index in [2.05, 4.69) is 20.3 Å². The maximum Gasteiger partial charge on any atom is 0.252 e. The first kappa shape index (κ1) is 22.7. The van der Waals surface area contributed by atoms with Gasteiger partial charge in [-0.2, -0.15) is 9.65 Å². The molecule has 6 rings (SSSR count). The fourth-order valence-electron chi connectivity index (χ4n) is 4.74. The van der Waals surface area contributed by atoms with Crippen LogP contribution in [0.25, 0.3) is 28.1 Å². The highest BCUT2D eigenvalue weighted by Crippen LogP contribution is 2.35. The number of hydrogen-bond acceptors (Lipinski definition) is 6. The third kappa shape index (κ3) is 3.95. The largest absolute Gasteiger partial charge is 0.399 e. The Labute approximate surface area is 214 Å². The summed E-state index contributed by atoms with van der Waals surface area (Å²) in [5.74, 6) is -0.181. The number of nitrogens with zero attached hydrogens (tertiary/aromatic N) is 6. The maximum atomic E-state index is 14.8. The molecule has 9 nitrogen and oxygen atoms in total. The van der Waals surface area contributed by atoms with E-state index in [0.29, 0.717) is 51.8 Å². The lowest BCUT2D eigenvalue weighted by molar-refractivity contribution is 0.548. The molecular formula is C26H18ClFN8O. The van der Waals surface area contributed by atoms with Crippen LogP contribution in [-0.4, -0.2) is 29.5 Å². The lowest BCUT2D eigenvalue weighted by Gasteiger charge is -2.15. The predicted octanol–water partition coefficient (Wildman–Crippen LogP) is 4.27. The fraction of sp³-hybridized carbons (Fsp3) is 0.115. The zero-order valence-electron chi connectivity index (χ0n) is 19.2. The van der Waals surface area contributed by atoms with Crippen LogP contribution in [0.15, 0.2) is 65.6 Å².